The number of ether oxygens (including phenoxy) is 2. The van der Waals surface area contributed by atoms with Crippen molar-refractivity contribution in [2.45, 2.75) is 26.3 Å². The molecule has 1 atom stereocenters. The number of esters is 1. The second-order valence-electron chi connectivity index (χ2n) is 6.55. The van der Waals surface area contributed by atoms with Crippen LogP contribution in [0.25, 0.3) is 0 Å². The predicted molar refractivity (Wildman–Crippen MR) is 95.3 cm³/mol. The second kappa shape index (κ2) is 9.91. The second-order valence-corrected chi connectivity index (χ2v) is 6.55. The van der Waals surface area contributed by atoms with Gasteiger partial charge in [-0.2, -0.15) is 0 Å². The minimum absolute atomic E-state index is 0.152. The van der Waals surface area contributed by atoms with E-state index in [1.165, 1.54) is 0 Å². The molecule has 0 aromatic heterocycles. The number of hydrogen-bond acceptors (Lipinski definition) is 5. The van der Waals surface area contributed by atoms with Gasteiger partial charge in [0.25, 0.3) is 5.91 Å². The van der Waals surface area contributed by atoms with Gasteiger partial charge in [-0.05, 0) is 11.5 Å². The molecule has 2 rings (SSSR count). The van der Waals surface area contributed by atoms with Crippen LogP contribution in [-0.4, -0.2) is 61.6 Å². The van der Waals surface area contributed by atoms with Crippen molar-refractivity contribution in [2.75, 3.05) is 32.9 Å². The van der Waals surface area contributed by atoms with Crippen LogP contribution in [0.1, 0.15) is 19.4 Å². The molecule has 1 aromatic carbocycles. The monoisotopic (exact) mass is 362 g/mol. The van der Waals surface area contributed by atoms with Gasteiger partial charge < -0.3 is 19.7 Å². The molecule has 1 aromatic rings. The Morgan fingerprint density at radius 3 is 2.42 bits per heavy atom. The average molecular weight is 362 g/mol. The number of hydrogen-bond donors (Lipinski definition) is 1. The number of morpholine rings is 1. The van der Waals surface area contributed by atoms with Crippen molar-refractivity contribution in [2.24, 2.45) is 5.92 Å². The number of amides is 2. The van der Waals surface area contributed by atoms with Gasteiger partial charge in [0.05, 0.1) is 19.6 Å². The Morgan fingerprint density at radius 1 is 1.15 bits per heavy atom. The molecule has 1 saturated heterocycles. The van der Waals surface area contributed by atoms with Crippen LogP contribution >= 0.6 is 0 Å². The standard InChI is InChI=1S/C19H26N2O5/c1-14(2)18(20-16(22)12-15-6-4-3-5-7-15)19(24)26-13-17(23)21-8-10-25-11-9-21/h3-7,14,18H,8-13H2,1-2H3,(H,20,22)/t18-/m0/s1. The van der Waals surface area contributed by atoms with Gasteiger partial charge in [-0.25, -0.2) is 4.79 Å². The number of nitrogens with one attached hydrogen (secondary N) is 1. The van der Waals surface area contributed by atoms with E-state index in [2.05, 4.69) is 5.32 Å². The molecular weight excluding hydrogens is 336 g/mol. The number of rotatable bonds is 7. The van der Waals surface area contributed by atoms with Gasteiger partial charge in [0, 0.05) is 13.1 Å². The lowest BCUT2D eigenvalue weighted by atomic mass is 10.0. The molecule has 0 spiro atoms. The van der Waals surface area contributed by atoms with Gasteiger partial charge in [0.1, 0.15) is 6.04 Å². The van der Waals surface area contributed by atoms with Crippen LogP contribution in [0, 0.1) is 5.92 Å². The highest BCUT2D eigenvalue weighted by atomic mass is 16.5. The van der Waals surface area contributed by atoms with E-state index in [0.717, 1.165) is 5.56 Å². The molecule has 142 valence electrons. The Bertz CT molecular complexity index is 612. The Kier molecular flexibility index (Phi) is 7.59. The summed E-state index contributed by atoms with van der Waals surface area (Å²) in [5.41, 5.74) is 0.864. The summed E-state index contributed by atoms with van der Waals surface area (Å²) in [6, 6.07) is 8.50. The van der Waals surface area contributed by atoms with Crippen LogP contribution < -0.4 is 5.32 Å². The molecule has 1 aliphatic rings. The predicted octanol–water partition coefficient (Wildman–Crippen LogP) is 0.772. The third-order valence-corrected chi connectivity index (χ3v) is 4.15. The lowest BCUT2D eigenvalue weighted by Gasteiger charge is -2.27. The van der Waals surface area contributed by atoms with E-state index in [4.69, 9.17) is 9.47 Å². The number of carbonyl (C=O) groups excluding carboxylic acids is 3. The summed E-state index contributed by atoms with van der Waals surface area (Å²) in [7, 11) is 0. The normalized spacial score (nSPS) is 15.4. The third-order valence-electron chi connectivity index (χ3n) is 4.15. The molecule has 0 saturated carbocycles. The molecule has 26 heavy (non-hydrogen) atoms. The zero-order chi connectivity index (χ0) is 18.9. The van der Waals surface area contributed by atoms with E-state index < -0.39 is 12.0 Å². The Hall–Kier alpha value is -2.41. The number of nitrogens with zero attached hydrogens (tertiary/aromatic N) is 1. The molecule has 0 bridgehead atoms. The molecule has 1 fully saturated rings. The summed E-state index contributed by atoms with van der Waals surface area (Å²) in [6.07, 6.45) is 0.185. The first-order valence-corrected chi connectivity index (χ1v) is 8.83. The molecule has 1 heterocycles. The first-order valence-electron chi connectivity index (χ1n) is 8.83. The van der Waals surface area contributed by atoms with Gasteiger partial charge in [0.15, 0.2) is 6.61 Å². The van der Waals surface area contributed by atoms with E-state index in [9.17, 15) is 14.4 Å². The maximum Gasteiger partial charge on any atom is 0.329 e. The molecule has 0 radical (unpaired) electrons. The summed E-state index contributed by atoms with van der Waals surface area (Å²) >= 11 is 0. The maximum absolute atomic E-state index is 12.3. The fraction of sp³-hybridized carbons (Fsp3) is 0.526. The summed E-state index contributed by atoms with van der Waals surface area (Å²) in [5, 5.41) is 2.71. The lowest BCUT2D eigenvalue weighted by Crippen LogP contribution is -2.47. The first kappa shape index (κ1) is 19.9. The summed E-state index contributed by atoms with van der Waals surface area (Å²) in [6.45, 7) is 5.29. The van der Waals surface area contributed by atoms with Crippen LogP contribution in [0.5, 0.6) is 0 Å². The van der Waals surface area contributed by atoms with E-state index in [0.29, 0.717) is 26.3 Å². The number of benzene rings is 1. The van der Waals surface area contributed by atoms with Crippen molar-refractivity contribution in [3.8, 4) is 0 Å². The fourth-order valence-corrected chi connectivity index (χ4v) is 2.63. The average Bonchev–Trinajstić information content (AvgIpc) is 2.65. The molecule has 0 unspecified atom stereocenters. The van der Waals surface area contributed by atoms with Gasteiger partial charge in [0.2, 0.25) is 5.91 Å². The minimum Gasteiger partial charge on any atom is -0.454 e. The summed E-state index contributed by atoms with van der Waals surface area (Å²) in [5.74, 6) is -1.25. The van der Waals surface area contributed by atoms with Crippen LogP contribution in [-0.2, 0) is 30.3 Å². The number of carbonyl (C=O) groups is 3. The zero-order valence-electron chi connectivity index (χ0n) is 15.3. The van der Waals surface area contributed by atoms with E-state index >= 15 is 0 Å². The molecule has 1 aliphatic heterocycles. The fourth-order valence-electron chi connectivity index (χ4n) is 2.63. The Morgan fingerprint density at radius 2 is 1.81 bits per heavy atom. The molecule has 1 N–H and O–H groups in total. The lowest BCUT2D eigenvalue weighted by molar-refractivity contribution is -0.156. The van der Waals surface area contributed by atoms with E-state index in [1.54, 1.807) is 4.90 Å². The van der Waals surface area contributed by atoms with Crippen molar-refractivity contribution in [1.29, 1.82) is 0 Å². The first-order chi connectivity index (χ1) is 12.5. The molecule has 2 amide bonds. The third kappa shape index (κ3) is 6.15. The van der Waals surface area contributed by atoms with Gasteiger partial charge >= 0.3 is 5.97 Å². The van der Waals surface area contributed by atoms with Crippen molar-refractivity contribution in [3.05, 3.63) is 35.9 Å². The smallest absolute Gasteiger partial charge is 0.329 e. The van der Waals surface area contributed by atoms with Crippen LogP contribution in [0.3, 0.4) is 0 Å². The van der Waals surface area contributed by atoms with Crippen molar-refractivity contribution < 1.29 is 23.9 Å². The van der Waals surface area contributed by atoms with Crippen molar-refractivity contribution in [3.63, 3.8) is 0 Å². The quantitative estimate of drug-likeness (QED) is 0.725. The summed E-state index contributed by atoms with van der Waals surface area (Å²) < 4.78 is 10.3. The Balaban J connectivity index is 1.84. The van der Waals surface area contributed by atoms with E-state index in [-0.39, 0.29) is 30.8 Å². The van der Waals surface area contributed by atoms with Crippen molar-refractivity contribution in [1.82, 2.24) is 10.2 Å². The highest BCUT2D eigenvalue weighted by molar-refractivity contribution is 5.87. The summed E-state index contributed by atoms with van der Waals surface area (Å²) in [4.78, 5) is 38.2. The zero-order valence-corrected chi connectivity index (χ0v) is 15.3. The topological polar surface area (TPSA) is 84.9 Å². The minimum atomic E-state index is -0.788. The maximum atomic E-state index is 12.3. The van der Waals surface area contributed by atoms with Crippen LogP contribution in [0.4, 0.5) is 0 Å². The molecule has 7 nitrogen and oxygen atoms in total. The Labute approximate surface area is 153 Å². The molecule has 7 heteroatoms. The van der Waals surface area contributed by atoms with Gasteiger partial charge in [-0.15, -0.1) is 0 Å². The highest BCUT2D eigenvalue weighted by Crippen LogP contribution is 2.07. The van der Waals surface area contributed by atoms with Crippen molar-refractivity contribution >= 4 is 17.8 Å². The van der Waals surface area contributed by atoms with Gasteiger partial charge in [-0.1, -0.05) is 44.2 Å². The largest absolute Gasteiger partial charge is 0.454 e. The SMILES string of the molecule is CC(C)[C@H](NC(=O)Cc1ccccc1)C(=O)OCC(=O)N1CCOCC1. The van der Waals surface area contributed by atoms with Gasteiger partial charge in [-0.3, -0.25) is 9.59 Å². The van der Waals surface area contributed by atoms with Crippen LogP contribution in [0.2, 0.25) is 0 Å². The molecular formula is C19H26N2O5. The van der Waals surface area contributed by atoms with E-state index in [1.807, 2.05) is 44.2 Å². The van der Waals surface area contributed by atoms with Crippen LogP contribution in [0.15, 0.2) is 30.3 Å². The highest BCUT2D eigenvalue weighted by Gasteiger charge is 2.27. The molecule has 0 aliphatic carbocycles.